The van der Waals surface area contributed by atoms with E-state index in [0.29, 0.717) is 17.1 Å². The fraction of sp³-hybridized carbons (Fsp3) is 0.160. The zero-order valence-corrected chi connectivity index (χ0v) is 20.2. The van der Waals surface area contributed by atoms with Gasteiger partial charge in [-0.05, 0) is 35.4 Å². The normalized spacial score (nSPS) is 11.4. The average Bonchev–Trinajstić information content (AvgIpc) is 2.82. The van der Waals surface area contributed by atoms with E-state index < -0.39 is 23.9 Å². The lowest BCUT2D eigenvalue weighted by Crippen LogP contribution is -2.42. The van der Waals surface area contributed by atoms with Crippen molar-refractivity contribution in [2.75, 3.05) is 14.2 Å². The second-order valence-electron chi connectivity index (χ2n) is 7.42. The van der Waals surface area contributed by atoms with Gasteiger partial charge < -0.3 is 25.0 Å². The minimum atomic E-state index is -1.29. The molecule has 3 rings (SSSR count). The molecular formula is C25H21Cl2NO7. The number of aromatic carboxylic acids is 1. The van der Waals surface area contributed by atoms with Gasteiger partial charge in [-0.2, -0.15) is 0 Å². The van der Waals surface area contributed by atoms with Crippen LogP contribution in [-0.4, -0.2) is 48.3 Å². The Morgan fingerprint density at radius 3 is 1.91 bits per heavy atom. The van der Waals surface area contributed by atoms with E-state index in [1.165, 1.54) is 0 Å². The van der Waals surface area contributed by atoms with Crippen molar-refractivity contribution in [3.8, 4) is 22.6 Å². The number of carboxylic acids is 2. The molecule has 1 amide bonds. The third-order valence-corrected chi connectivity index (χ3v) is 5.83. The number of rotatable bonds is 9. The maximum absolute atomic E-state index is 12.7. The Morgan fingerprint density at radius 1 is 0.914 bits per heavy atom. The Labute approximate surface area is 211 Å². The van der Waals surface area contributed by atoms with Gasteiger partial charge in [0.15, 0.2) is 0 Å². The number of carbonyl (C=O) groups excluding carboxylic acids is 1. The average molecular weight is 518 g/mol. The standard InChI is InChI=1S/C25H21Cl2NO7/c1-34-19-4-3-5-20(35-2)21(19)14-8-6-13(7-9-14)10-18(25(32)33)28-23(29)22-16(26)11-15(24(30)31)12-17(22)27/h3-9,11-12,18H,10H2,1-2H3,(H,28,29)(H,30,31)(H,32,33)/t18-/m0/s1. The number of carbonyl (C=O) groups is 3. The van der Waals surface area contributed by atoms with Crippen LogP contribution in [0.4, 0.5) is 0 Å². The molecule has 0 spiro atoms. The molecule has 0 radical (unpaired) electrons. The van der Waals surface area contributed by atoms with Crippen LogP contribution < -0.4 is 14.8 Å². The highest BCUT2D eigenvalue weighted by Gasteiger charge is 2.25. The summed E-state index contributed by atoms with van der Waals surface area (Å²) in [5, 5.41) is 20.7. The van der Waals surface area contributed by atoms with Gasteiger partial charge in [0.25, 0.3) is 5.91 Å². The second-order valence-corrected chi connectivity index (χ2v) is 8.24. The SMILES string of the molecule is COc1cccc(OC)c1-c1ccc(C[C@H](NC(=O)c2c(Cl)cc(C(=O)O)cc2Cl)C(=O)O)cc1. The quantitative estimate of drug-likeness (QED) is 0.372. The van der Waals surface area contributed by atoms with Gasteiger partial charge >= 0.3 is 11.9 Å². The molecule has 0 aliphatic rings. The van der Waals surface area contributed by atoms with Crippen LogP contribution in [0.15, 0.2) is 54.6 Å². The molecule has 3 N–H and O–H groups in total. The summed E-state index contributed by atoms with van der Waals surface area (Å²) in [6.07, 6.45) is -0.0210. The molecule has 3 aromatic rings. The predicted octanol–water partition coefficient (Wildman–Crippen LogP) is 4.80. The number of benzene rings is 3. The first-order valence-electron chi connectivity index (χ1n) is 10.2. The van der Waals surface area contributed by atoms with E-state index >= 15 is 0 Å². The summed E-state index contributed by atoms with van der Waals surface area (Å²) in [5.41, 5.74) is 1.80. The number of aliphatic carboxylic acids is 1. The molecule has 0 saturated heterocycles. The number of nitrogens with one attached hydrogen (secondary N) is 1. The van der Waals surface area contributed by atoms with E-state index in [1.807, 2.05) is 6.07 Å². The molecule has 182 valence electrons. The topological polar surface area (TPSA) is 122 Å². The van der Waals surface area contributed by atoms with E-state index in [9.17, 15) is 19.5 Å². The predicted molar refractivity (Wildman–Crippen MR) is 131 cm³/mol. The fourth-order valence-corrected chi connectivity index (χ4v) is 4.18. The summed E-state index contributed by atoms with van der Waals surface area (Å²) in [4.78, 5) is 35.7. The van der Waals surface area contributed by atoms with Crippen molar-refractivity contribution < 1.29 is 34.1 Å². The Hall–Kier alpha value is -3.75. The lowest BCUT2D eigenvalue weighted by Gasteiger charge is -2.17. The largest absolute Gasteiger partial charge is 0.496 e. The number of carboxylic acid groups (broad SMARTS) is 2. The lowest BCUT2D eigenvalue weighted by molar-refractivity contribution is -0.139. The molecule has 10 heteroatoms. The van der Waals surface area contributed by atoms with E-state index in [-0.39, 0.29) is 27.6 Å². The molecular weight excluding hydrogens is 497 g/mol. The zero-order valence-electron chi connectivity index (χ0n) is 18.7. The van der Waals surface area contributed by atoms with Crippen molar-refractivity contribution in [2.24, 2.45) is 0 Å². The van der Waals surface area contributed by atoms with Crippen molar-refractivity contribution >= 4 is 41.0 Å². The van der Waals surface area contributed by atoms with Gasteiger partial charge in [0.2, 0.25) is 0 Å². The summed E-state index contributed by atoms with van der Waals surface area (Å²) >= 11 is 12.1. The summed E-state index contributed by atoms with van der Waals surface area (Å²) in [6, 6.07) is 13.4. The molecule has 0 aliphatic heterocycles. The van der Waals surface area contributed by atoms with Crippen LogP contribution in [0.25, 0.3) is 11.1 Å². The molecule has 0 unspecified atom stereocenters. The Balaban J connectivity index is 1.82. The number of ether oxygens (including phenoxy) is 2. The molecule has 0 fully saturated rings. The first-order valence-corrected chi connectivity index (χ1v) is 11.0. The first-order chi connectivity index (χ1) is 16.7. The third kappa shape index (κ3) is 5.85. The minimum Gasteiger partial charge on any atom is -0.496 e. The highest BCUT2D eigenvalue weighted by molar-refractivity contribution is 6.40. The number of hydrogen-bond acceptors (Lipinski definition) is 5. The van der Waals surface area contributed by atoms with E-state index in [1.54, 1.807) is 50.6 Å². The Kier molecular flexibility index (Phi) is 8.22. The zero-order chi connectivity index (χ0) is 25.7. The number of methoxy groups -OCH3 is 2. The first kappa shape index (κ1) is 25.9. The molecule has 0 aliphatic carbocycles. The van der Waals surface area contributed by atoms with Gasteiger partial charge in [-0.15, -0.1) is 0 Å². The van der Waals surface area contributed by atoms with Gasteiger partial charge in [-0.25, -0.2) is 9.59 Å². The van der Waals surface area contributed by atoms with Crippen molar-refractivity contribution in [1.82, 2.24) is 5.32 Å². The fourth-order valence-electron chi connectivity index (χ4n) is 3.52. The maximum atomic E-state index is 12.7. The smallest absolute Gasteiger partial charge is 0.335 e. The maximum Gasteiger partial charge on any atom is 0.335 e. The lowest BCUT2D eigenvalue weighted by atomic mass is 9.99. The van der Waals surface area contributed by atoms with Gasteiger partial charge in [-0.1, -0.05) is 53.5 Å². The van der Waals surface area contributed by atoms with Crippen molar-refractivity contribution in [2.45, 2.75) is 12.5 Å². The van der Waals surface area contributed by atoms with Crippen molar-refractivity contribution in [3.63, 3.8) is 0 Å². The van der Waals surface area contributed by atoms with Gasteiger partial charge in [0, 0.05) is 6.42 Å². The van der Waals surface area contributed by atoms with E-state index in [0.717, 1.165) is 23.3 Å². The number of halogens is 2. The number of hydrogen-bond donors (Lipinski definition) is 3. The summed E-state index contributed by atoms with van der Waals surface area (Å²) in [7, 11) is 3.11. The highest BCUT2D eigenvalue weighted by Crippen LogP contribution is 2.38. The molecule has 0 bridgehead atoms. The van der Waals surface area contributed by atoms with Crippen LogP contribution in [0.2, 0.25) is 10.0 Å². The Bertz CT molecular complexity index is 1230. The van der Waals surface area contributed by atoms with Crippen LogP contribution in [0, 0.1) is 0 Å². The second kappa shape index (κ2) is 11.1. The molecule has 3 aromatic carbocycles. The van der Waals surface area contributed by atoms with Gasteiger partial charge in [-0.3, -0.25) is 4.79 Å². The molecule has 0 heterocycles. The highest BCUT2D eigenvalue weighted by atomic mass is 35.5. The third-order valence-electron chi connectivity index (χ3n) is 5.23. The van der Waals surface area contributed by atoms with Gasteiger partial charge in [0.05, 0.1) is 41.0 Å². The van der Waals surface area contributed by atoms with Crippen molar-refractivity contribution in [1.29, 1.82) is 0 Å². The van der Waals surface area contributed by atoms with Crippen LogP contribution in [-0.2, 0) is 11.2 Å². The van der Waals surface area contributed by atoms with Crippen molar-refractivity contribution in [3.05, 3.63) is 81.3 Å². The summed E-state index contributed by atoms with van der Waals surface area (Å²) in [5.74, 6) is -2.12. The molecule has 35 heavy (non-hydrogen) atoms. The van der Waals surface area contributed by atoms with Gasteiger partial charge in [0.1, 0.15) is 17.5 Å². The molecule has 1 atom stereocenters. The Morgan fingerprint density at radius 2 is 1.46 bits per heavy atom. The summed E-state index contributed by atoms with van der Waals surface area (Å²) < 4.78 is 10.9. The summed E-state index contributed by atoms with van der Waals surface area (Å²) in [6.45, 7) is 0. The molecule has 8 nitrogen and oxygen atoms in total. The monoisotopic (exact) mass is 517 g/mol. The van der Waals surface area contributed by atoms with E-state index in [2.05, 4.69) is 5.32 Å². The van der Waals surface area contributed by atoms with Crippen LogP contribution in [0.3, 0.4) is 0 Å². The number of amides is 1. The minimum absolute atomic E-state index is 0.0210. The van der Waals surface area contributed by atoms with Crippen LogP contribution in [0.5, 0.6) is 11.5 Å². The molecule has 0 saturated carbocycles. The van der Waals surface area contributed by atoms with Crippen LogP contribution in [0.1, 0.15) is 26.3 Å². The van der Waals surface area contributed by atoms with Crippen LogP contribution >= 0.6 is 23.2 Å². The van der Waals surface area contributed by atoms with E-state index in [4.69, 9.17) is 37.8 Å². The molecule has 0 aromatic heterocycles.